The molecule has 1 fully saturated rings. The number of ether oxygens (including phenoxy) is 1. The molecule has 1 aromatic heterocycles. The van der Waals surface area contributed by atoms with Crippen LogP contribution in [-0.4, -0.2) is 37.1 Å². The Morgan fingerprint density at radius 2 is 2.17 bits per heavy atom. The van der Waals surface area contributed by atoms with Crippen molar-refractivity contribution < 1.29 is 18.8 Å². The first kappa shape index (κ1) is 17.5. The van der Waals surface area contributed by atoms with E-state index in [2.05, 4.69) is 10.1 Å². The molecule has 1 saturated heterocycles. The quantitative estimate of drug-likeness (QED) is 0.568. The Hall–Kier alpha value is -1.85. The van der Waals surface area contributed by atoms with Gasteiger partial charge in [0, 0.05) is 25.6 Å². The van der Waals surface area contributed by atoms with Gasteiger partial charge in [-0.05, 0) is 31.6 Å². The lowest BCUT2D eigenvalue weighted by atomic mass is 9.93. The van der Waals surface area contributed by atoms with Crippen LogP contribution >= 0.6 is 0 Å². The first-order valence-corrected chi connectivity index (χ1v) is 8.38. The van der Waals surface area contributed by atoms with Gasteiger partial charge >= 0.3 is 5.97 Å². The number of carbonyl (C=O) groups excluding carboxylic acids is 2. The third kappa shape index (κ3) is 4.33. The fourth-order valence-corrected chi connectivity index (χ4v) is 3.06. The molecule has 6 nitrogen and oxygen atoms in total. The molecule has 1 aliphatic heterocycles. The Morgan fingerprint density at radius 3 is 2.74 bits per heavy atom. The number of esters is 1. The molecule has 6 heteroatoms. The summed E-state index contributed by atoms with van der Waals surface area (Å²) in [7, 11) is 0. The van der Waals surface area contributed by atoms with Gasteiger partial charge in [0.1, 0.15) is 12.2 Å². The monoisotopic (exact) mass is 322 g/mol. The van der Waals surface area contributed by atoms with E-state index in [0.29, 0.717) is 24.7 Å². The van der Waals surface area contributed by atoms with Crippen LogP contribution in [0, 0.1) is 11.8 Å². The second-order valence-corrected chi connectivity index (χ2v) is 6.39. The van der Waals surface area contributed by atoms with Crippen LogP contribution in [0.4, 0.5) is 5.82 Å². The maximum Gasteiger partial charge on any atom is 0.317 e. The van der Waals surface area contributed by atoms with Crippen molar-refractivity contribution in [1.82, 2.24) is 5.16 Å². The molecule has 0 bridgehead atoms. The lowest BCUT2D eigenvalue weighted by Gasteiger charge is -2.30. The zero-order valence-electron chi connectivity index (χ0n) is 14.2. The molecule has 0 amide bonds. The van der Waals surface area contributed by atoms with Crippen LogP contribution in [0.3, 0.4) is 0 Å². The molecule has 0 spiro atoms. The maximum atomic E-state index is 12.1. The number of hydrogen-bond acceptors (Lipinski definition) is 6. The number of aromatic nitrogens is 1. The highest BCUT2D eigenvalue weighted by Gasteiger charge is 2.31. The second kappa shape index (κ2) is 8.13. The summed E-state index contributed by atoms with van der Waals surface area (Å²) in [6.45, 7) is 7.80. The number of anilines is 1. The molecule has 0 saturated carbocycles. The van der Waals surface area contributed by atoms with Gasteiger partial charge in [-0.25, -0.2) is 0 Å². The highest BCUT2D eigenvalue weighted by atomic mass is 16.5. The summed E-state index contributed by atoms with van der Waals surface area (Å²) in [5, 5.41) is 4.13. The van der Waals surface area contributed by atoms with Gasteiger partial charge in [0.2, 0.25) is 0 Å². The van der Waals surface area contributed by atoms with Crippen molar-refractivity contribution in [2.45, 2.75) is 46.0 Å². The molecule has 1 aliphatic rings. The Bertz CT molecular complexity index is 518. The van der Waals surface area contributed by atoms with E-state index in [1.54, 1.807) is 6.92 Å². The van der Waals surface area contributed by atoms with Gasteiger partial charge < -0.3 is 19.0 Å². The molecule has 1 unspecified atom stereocenters. The Kier molecular flexibility index (Phi) is 6.19. The fourth-order valence-electron chi connectivity index (χ4n) is 3.06. The number of piperidine rings is 1. The van der Waals surface area contributed by atoms with Gasteiger partial charge in [0.15, 0.2) is 11.6 Å². The van der Waals surface area contributed by atoms with Crippen LogP contribution in [0.2, 0.25) is 0 Å². The van der Waals surface area contributed by atoms with Gasteiger partial charge in [0.25, 0.3) is 0 Å². The molecular formula is C17H26N2O4. The highest BCUT2D eigenvalue weighted by Crippen LogP contribution is 2.30. The minimum atomic E-state index is -0.427. The molecule has 0 aromatic carbocycles. The summed E-state index contributed by atoms with van der Waals surface area (Å²) < 4.78 is 10.6. The zero-order valence-corrected chi connectivity index (χ0v) is 14.2. The number of rotatable bonds is 7. The number of aldehydes is 1. The van der Waals surface area contributed by atoms with Crippen LogP contribution < -0.4 is 4.90 Å². The first-order chi connectivity index (χ1) is 11.1. The lowest BCUT2D eigenvalue weighted by Crippen LogP contribution is -2.33. The van der Waals surface area contributed by atoms with Crippen LogP contribution in [0.15, 0.2) is 10.6 Å². The fraction of sp³-hybridized carbons (Fsp3) is 0.706. The van der Waals surface area contributed by atoms with Crippen molar-refractivity contribution in [2.75, 3.05) is 24.6 Å². The molecule has 23 heavy (non-hydrogen) atoms. The van der Waals surface area contributed by atoms with Crippen molar-refractivity contribution >= 4 is 18.1 Å². The first-order valence-electron chi connectivity index (χ1n) is 8.38. The van der Waals surface area contributed by atoms with E-state index in [-0.39, 0.29) is 11.9 Å². The normalized spacial score (nSPS) is 17.3. The Morgan fingerprint density at radius 1 is 1.48 bits per heavy atom. The van der Waals surface area contributed by atoms with Crippen molar-refractivity contribution in [3.8, 4) is 0 Å². The van der Waals surface area contributed by atoms with E-state index >= 15 is 0 Å². The summed E-state index contributed by atoms with van der Waals surface area (Å²) in [5.74, 6) is 1.17. The van der Waals surface area contributed by atoms with E-state index in [1.807, 2.05) is 19.9 Å². The average molecular weight is 322 g/mol. The van der Waals surface area contributed by atoms with E-state index < -0.39 is 5.92 Å². The molecule has 2 heterocycles. The molecular weight excluding hydrogens is 296 g/mol. The highest BCUT2D eigenvalue weighted by molar-refractivity contribution is 5.77. The molecule has 0 radical (unpaired) electrons. The zero-order chi connectivity index (χ0) is 16.8. The van der Waals surface area contributed by atoms with E-state index in [4.69, 9.17) is 9.26 Å². The minimum Gasteiger partial charge on any atom is -0.465 e. The summed E-state index contributed by atoms with van der Waals surface area (Å²) >= 11 is 0. The molecule has 2 rings (SSSR count). The largest absolute Gasteiger partial charge is 0.465 e. The molecule has 1 atom stereocenters. The average Bonchev–Trinajstić information content (AvgIpc) is 2.98. The lowest BCUT2D eigenvalue weighted by molar-refractivity contribution is -0.146. The predicted octanol–water partition coefficient (Wildman–Crippen LogP) is 2.78. The third-order valence-electron chi connectivity index (χ3n) is 4.40. The summed E-state index contributed by atoms with van der Waals surface area (Å²) in [6.07, 6.45) is 3.59. The van der Waals surface area contributed by atoms with Gasteiger partial charge in [-0.2, -0.15) is 0 Å². The maximum absolute atomic E-state index is 12.1. The van der Waals surface area contributed by atoms with Crippen molar-refractivity contribution in [1.29, 1.82) is 0 Å². The topological polar surface area (TPSA) is 72.6 Å². The molecule has 0 N–H and O–H groups in total. The smallest absolute Gasteiger partial charge is 0.317 e. The summed E-state index contributed by atoms with van der Waals surface area (Å²) in [4.78, 5) is 24.9. The van der Waals surface area contributed by atoms with Crippen LogP contribution in [-0.2, 0) is 14.3 Å². The van der Waals surface area contributed by atoms with Gasteiger partial charge in [0.05, 0.1) is 6.61 Å². The van der Waals surface area contributed by atoms with E-state index in [0.717, 1.165) is 38.0 Å². The van der Waals surface area contributed by atoms with Gasteiger partial charge in [-0.15, -0.1) is 0 Å². The second-order valence-electron chi connectivity index (χ2n) is 6.39. The Balaban J connectivity index is 2.04. The van der Waals surface area contributed by atoms with E-state index in [9.17, 15) is 9.59 Å². The molecule has 1 aromatic rings. The molecule has 0 aliphatic carbocycles. The van der Waals surface area contributed by atoms with Crippen molar-refractivity contribution in [3.05, 3.63) is 11.8 Å². The minimum absolute atomic E-state index is 0.0770. The third-order valence-corrected chi connectivity index (χ3v) is 4.40. The standard InChI is InChI=1S/C17H26N2O4/c1-4-22-17(21)16(12(2)3)14-11-15(18-23-14)19-8-5-13(6-9-19)7-10-20/h10-13,16H,4-9H2,1-3H3. The van der Waals surface area contributed by atoms with Crippen molar-refractivity contribution in [2.24, 2.45) is 11.8 Å². The van der Waals surface area contributed by atoms with Crippen molar-refractivity contribution in [3.63, 3.8) is 0 Å². The van der Waals surface area contributed by atoms with Gasteiger partial charge in [-0.3, -0.25) is 4.79 Å². The van der Waals surface area contributed by atoms with Crippen LogP contribution in [0.25, 0.3) is 0 Å². The Labute approximate surface area is 137 Å². The van der Waals surface area contributed by atoms with Crippen LogP contribution in [0.1, 0.15) is 51.7 Å². The number of hydrogen-bond donors (Lipinski definition) is 0. The van der Waals surface area contributed by atoms with E-state index in [1.165, 1.54) is 0 Å². The summed E-state index contributed by atoms with van der Waals surface area (Å²) in [5.41, 5.74) is 0. The summed E-state index contributed by atoms with van der Waals surface area (Å²) in [6, 6.07) is 1.85. The number of nitrogens with zero attached hydrogens (tertiary/aromatic N) is 2. The predicted molar refractivity (Wildman–Crippen MR) is 86.3 cm³/mol. The molecule has 128 valence electrons. The SMILES string of the molecule is CCOC(=O)C(c1cc(N2CCC(CC=O)CC2)no1)C(C)C. The van der Waals surface area contributed by atoms with Crippen LogP contribution in [0.5, 0.6) is 0 Å². The number of carbonyl (C=O) groups is 2. The van der Waals surface area contributed by atoms with Gasteiger partial charge in [-0.1, -0.05) is 19.0 Å².